The molecule has 6 nitrogen and oxygen atoms in total. The van der Waals surface area contributed by atoms with Gasteiger partial charge in [-0.3, -0.25) is 14.4 Å². The lowest BCUT2D eigenvalue weighted by Gasteiger charge is -2.18. The molecule has 0 aromatic rings. The molecular formula is C61H98O6. The van der Waals surface area contributed by atoms with E-state index in [1.807, 2.05) is 6.08 Å². The van der Waals surface area contributed by atoms with Crippen molar-refractivity contribution in [1.29, 1.82) is 0 Å². The second-order valence-corrected chi connectivity index (χ2v) is 17.6. The maximum Gasteiger partial charge on any atom is 0.306 e. The third-order valence-electron chi connectivity index (χ3n) is 11.1. The molecule has 0 amide bonds. The molecule has 0 aliphatic carbocycles. The SMILES string of the molecule is CCCCC\C=C/C=C\C=C/C=C\CCCCCCCC(=O)OCC(COC(=O)CC/C=C\C/C=C\CCCCCCCC)OC(=O)CCCCCCC\C=C/C=C\C=C/C=C\CCCCC. The van der Waals surface area contributed by atoms with E-state index >= 15 is 0 Å². The molecular weight excluding hydrogens is 829 g/mol. The van der Waals surface area contributed by atoms with E-state index < -0.39 is 6.10 Å². The Morgan fingerprint density at radius 1 is 0.313 bits per heavy atom. The summed E-state index contributed by atoms with van der Waals surface area (Å²) in [6, 6.07) is 0. The number of unbranched alkanes of at least 4 members (excludes halogenated alkanes) is 22. The van der Waals surface area contributed by atoms with Gasteiger partial charge < -0.3 is 14.2 Å². The Hall–Kier alpha value is -4.19. The molecule has 0 heterocycles. The van der Waals surface area contributed by atoms with Crippen molar-refractivity contribution in [2.24, 2.45) is 0 Å². The van der Waals surface area contributed by atoms with Crippen molar-refractivity contribution in [3.63, 3.8) is 0 Å². The first kappa shape index (κ1) is 62.8. The highest BCUT2D eigenvalue weighted by atomic mass is 16.6. The van der Waals surface area contributed by atoms with Crippen molar-refractivity contribution < 1.29 is 28.6 Å². The van der Waals surface area contributed by atoms with Gasteiger partial charge in [-0.15, -0.1) is 0 Å². The predicted octanol–water partition coefficient (Wildman–Crippen LogP) is 18.1. The van der Waals surface area contributed by atoms with E-state index in [-0.39, 0.29) is 44.0 Å². The van der Waals surface area contributed by atoms with E-state index in [1.165, 1.54) is 77.0 Å². The number of allylic oxidation sites excluding steroid dienone is 20. The van der Waals surface area contributed by atoms with Crippen molar-refractivity contribution >= 4 is 17.9 Å². The Balaban J connectivity index is 4.57. The van der Waals surface area contributed by atoms with Crippen LogP contribution in [0.1, 0.15) is 226 Å². The van der Waals surface area contributed by atoms with E-state index in [0.717, 1.165) is 103 Å². The van der Waals surface area contributed by atoms with Crippen LogP contribution in [0.25, 0.3) is 0 Å². The molecule has 0 bridgehead atoms. The van der Waals surface area contributed by atoms with Crippen molar-refractivity contribution in [2.75, 3.05) is 13.2 Å². The number of ether oxygens (including phenoxy) is 3. The second-order valence-electron chi connectivity index (χ2n) is 17.6. The summed E-state index contributed by atoms with van der Waals surface area (Å²) in [6.45, 7) is 6.45. The van der Waals surface area contributed by atoms with Crippen LogP contribution in [0.3, 0.4) is 0 Å². The molecule has 0 rings (SSSR count). The van der Waals surface area contributed by atoms with Crippen LogP contribution in [0.4, 0.5) is 0 Å². The number of rotatable bonds is 47. The molecule has 1 unspecified atom stereocenters. The molecule has 0 saturated carbocycles. The van der Waals surface area contributed by atoms with Gasteiger partial charge in [0.25, 0.3) is 0 Å². The first-order valence-corrected chi connectivity index (χ1v) is 27.1. The fourth-order valence-corrected chi connectivity index (χ4v) is 6.99. The first-order valence-electron chi connectivity index (χ1n) is 27.1. The van der Waals surface area contributed by atoms with Gasteiger partial charge >= 0.3 is 17.9 Å². The van der Waals surface area contributed by atoms with Gasteiger partial charge in [0.15, 0.2) is 6.10 Å². The van der Waals surface area contributed by atoms with Crippen LogP contribution >= 0.6 is 0 Å². The summed E-state index contributed by atoms with van der Waals surface area (Å²) in [6.07, 6.45) is 74.7. The molecule has 0 N–H and O–H groups in total. The molecule has 0 aliphatic heterocycles. The first-order chi connectivity index (χ1) is 33.0. The van der Waals surface area contributed by atoms with Crippen LogP contribution < -0.4 is 0 Å². The molecule has 1 atom stereocenters. The number of carbonyl (C=O) groups is 3. The normalized spacial score (nSPS) is 13.1. The van der Waals surface area contributed by atoms with Gasteiger partial charge in [0, 0.05) is 19.3 Å². The number of hydrogen-bond donors (Lipinski definition) is 0. The van der Waals surface area contributed by atoms with Gasteiger partial charge in [0.1, 0.15) is 13.2 Å². The lowest BCUT2D eigenvalue weighted by Crippen LogP contribution is -2.30. The smallest absolute Gasteiger partial charge is 0.306 e. The Morgan fingerprint density at radius 3 is 1.07 bits per heavy atom. The van der Waals surface area contributed by atoms with Gasteiger partial charge in [0.05, 0.1) is 0 Å². The Labute approximate surface area is 412 Å². The summed E-state index contributed by atoms with van der Waals surface area (Å²) in [4.78, 5) is 38.0. The van der Waals surface area contributed by atoms with Crippen molar-refractivity contribution in [3.05, 3.63) is 122 Å². The summed E-state index contributed by atoms with van der Waals surface area (Å²) in [5, 5.41) is 0. The highest BCUT2D eigenvalue weighted by Gasteiger charge is 2.19. The highest BCUT2D eigenvalue weighted by Crippen LogP contribution is 2.12. The average Bonchev–Trinajstić information content (AvgIpc) is 3.33. The minimum Gasteiger partial charge on any atom is -0.462 e. The third-order valence-corrected chi connectivity index (χ3v) is 11.1. The van der Waals surface area contributed by atoms with Crippen molar-refractivity contribution in [2.45, 2.75) is 232 Å². The topological polar surface area (TPSA) is 78.9 Å². The average molecular weight is 927 g/mol. The number of esters is 3. The Morgan fingerprint density at radius 2 is 0.627 bits per heavy atom. The van der Waals surface area contributed by atoms with Gasteiger partial charge in [-0.05, 0) is 89.9 Å². The lowest BCUT2D eigenvalue weighted by molar-refractivity contribution is -0.166. The van der Waals surface area contributed by atoms with Crippen LogP contribution in [0.5, 0.6) is 0 Å². The summed E-state index contributed by atoms with van der Waals surface area (Å²) in [5.41, 5.74) is 0. The van der Waals surface area contributed by atoms with E-state index in [4.69, 9.17) is 14.2 Å². The maximum atomic E-state index is 12.8. The van der Waals surface area contributed by atoms with Gasteiger partial charge in [-0.25, -0.2) is 0 Å². The second kappa shape index (κ2) is 54.4. The number of hydrogen-bond acceptors (Lipinski definition) is 6. The summed E-state index contributed by atoms with van der Waals surface area (Å²) >= 11 is 0. The van der Waals surface area contributed by atoms with E-state index in [1.54, 1.807) is 0 Å². The summed E-state index contributed by atoms with van der Waals surface area (Å²) in [7, 11) is 0. The van der Waals surface area contributed by atoms with Crippen LogP contribution in [-0.4, -0.2) is 37.2 Å². The van der Waals surface area contributed by atoms with Gasteiger partial charge in [-0.1, -0.05) is 239 Å². The molecule has 0 aromatic carbocycles. The van der Waals surface area contributed by atoms with Crippen LogP contribution in [0.15, 0.2) is 122 Å². The Bertz CT molecular complexity index is 1440. The highest BCUT2D eigenvalue weighted by molar-refractivity contribution is 5.71. The summed E-state index contributed by atoms with van der Waals surface area (Å²) < 4.78 is 16.7. The number of carbonyl (C=O) groups excluding carboxylic acids is 3. The van der Waals surface area contributed by atoms with Gasteiger partial charge in [0.2, 0.25) is 0 Å². The maximum absolute atomic E-state index is 12.8. The monoisotopic (exact) mass is 927 g/mol. The molecule has 0 aromatic heterocycles. The minimum atomic E-state index is -0.827. The van der Waals surface area contributed by atoms with E-state index in [0.29, 0.717) is 12.8 Å². The molecule has 0 fully saturated rings. The molecule has 0 saturated heterocycles. The molecule has 6 heteroatoms. The minimum absolute atomic E-state index is 0.121. The van der Waals surface area contributed by atoms with Gasteiger partial charge in [-0.2, -0.15) is 0 Å². The van der Waals surface area contributed by atoms with Crippen LogP contribution in [0, 0.1) is 0 Å². The summed E-state index contributed by atoms with van der Waals surface area (Å²) in [5.74, 6) is -1.04. The predicted molar refractivity (Wildman–Crippen MR) is 288 cm³/mol. The fourth-order valence-electron chi connectivity index (χ4n) is 6.99. The molecule has 378 valence electrons. The molecule has 0 aliphatic rings. The molecule has 0 radical (unpaired) electrons. The molecule has 67 heavy (non-hydrogen) atoms. The van der Waals surface area contributed by atoms with Crippen molar-refractivity contribution in [3.8, 4) is 0 Å². The van der Waals surface area contributed by atoms with E-state index in [9.17, 15) is 14.4 Å². The lowest BCUT2D eigenvalue weighted by atomic mass is 10.1. The Kier molecular flexibility index (Phi) is 51.0. The zero-order chi connectivity index (χ0) is 48.6. The fraction of sp³-hybridized carbons (Fsp3) is 0.623. The largest absolute Gasteiger partial charge is 0.462 e. The third kappa shape index (κ3) is 52.6. The molecule has 0 spiro atoms. The van der Waals surface area contributed by atoms with Crippen LogP contribution in [-0.2, 0) is 28.6 Å². The standard InChI is InChI=1S/C61H98O6/c1-4-7-10-13-16-19-22-25-27-29-31-33-36-39-42-45-48-51-54-60(63)66-57-58(56-65-59(62)53-50-47-44-41-38-35-24-21-18-15-12-9-6-3)67-61(64)55-52-49-46-43-40-37-34-32-30-28-26-23-20-17-14-11-8-5-2/h16-17,19-20,22-23,25-35,38,44,47,58H,4-15,18,21,24,36-37,39-43,45-46,48-57H2,1-3H3/b19-16-,20-17-,25-22-,26-23-,29-27-,30-28-,33-31-,34-32-,38-35-,47-44-. The zero-order valence-corrected chi connectivity index (χ0v) is 43.1. The van der Waals surface area contributed by atoms with Crippen LogP contribution in [0.2, 0.25) is 0 Å². The quantitative estimate of drug-likeness (QED) is 0.0199. The van der Waals surface area contributed by atoms with E-state index in [2.05, 4.69) is 136 Å². The zero-order valence-electron chi connectivity index (χ0n) is 43.1. The van der Waals surface area contributed by atoms with Crippen molar-refractivity contribution in [1.82, 2.24) is 0 Å².